The van der Waals surface area contributed by atoms with Crippen molar-refractivity contribution in [1.29, 1.82) is 5.26 Å². The number of rotatable bonds is 7. The molecule has 4 heteroatoms. The molecule has 0 aliphatic rings. The summed E-state index contributed by atoms with van der Waals surface area (Å²) in [4.78, 5) is 0. The molecule has 0 unspecified atom stereocenters. The number of anilines is 1. The SMILES string of the molecule is COc1ccc(N)c(OCCCCC(C)(C)C#N)c1. The Morgan fingerprint density at radius 2 is 2.05 bits per heavy atom. The number of unbranched alkanes of at least 4 members (excludes halogenated alkanes) is 1. The maximum Gasteiger partial charge on any atom is 0.145 e. The Hall–Kier alpha value is -1.89. The quantitative estimate of drug-likeness (QED) is 0.604. The van der Waals surface area contributed by atoms with Crippen LogP contribution in [0.1, 0.15) is 33.1 Å². The molecule has 1 aromatic carbocycles. The number of nitrogens with two attached hydrogens (primary N) is 1. The van der Waals surface area contributed by atoms with E-state index in [1.165, 1.54) is 0 Å². The highest BCUT2D eigenvalue weighted by Crippen LogP contribution is 2.27. The van der Waals surface area contributed by atoms with Crippen LogP contribution in [-0.2, 0) is 0 Å². The first kappa shape index (κ1) is 15.2. The van der Waals surface area contributed by atoms with E-state index >= 15 is 0 Å². The zero-order chi connectivity index (χ0) is 14.3. The molecule has 0 aromatic heterocycles. The van der Waals surface area contributed by atoms with Crippen LogP contribution in [0.25, 0.3) is 0 Å². The molecule has 0 amide bonds. The molecule has 1 rings (SSSR count). The van der Waals surface area contributed by atoms with Crippen molar-refractivity contribution in [2.24, 2.45) is 5.41 Å². The van der Waals surface area contributed by atoms with Crippen LogP contribution in [0.3, 0.4) is 0 Å². The van der Waals surface area contributed by atoms with Crippen LogP contribution < -0.4 is 15.2 Å². The van der Waals surface area contributed by atoms with Crippen LogP contribution in [0.2, 0.25) is 0 Å². The summed E-state index contributed by atoms with van der Waals surface area (Å²) in [7, 11) is 1.61. The molecular formula is C15H22N2O2. The Morgan fingerprint density at radius 1 is 1.32 bits per heavy atom. The van der Waals surface area contributed by atoms with Crippen molar-refractivity contribution in [3.63, 3.8) is 0 Å². The number of nitriles is 1. The summed E-state index contributed by atoms with van der Waals surface area (Å²) in [6.07, 6.45) is 2.74. The number of hydrogen-bond acceptors (Lipinski definition) is 4. The fourth-order valence-corrected chi connectivity index (χ4v) is 1.67. The molecule has 0 atom stereocenters. The van der Waals surface area contributed by atoms with Crippen LogP contribution in [-0.4, -0.2) is 13.7 Å². The molecule has 0 aliphatic heterocycles. The van der Waals surface area contributed by atoms with Crippen molar-refractivity contribution in [3.05, 3.63) is 18.2 Å². The zero-order valence-corrected chi connectivity index (χ0v) is 11.9. The predicted octanol–water partition coefficient (Wildman–Crippen LogP) is 3.38. The fraction of sp³-hybridized carbons (Fsp3) is 0.533. The third-order valence-corrected chi connectivity index (χ3v) is 2.98. The van der Waals surface area contributed by atoms with Gasteiger partial charge in [0.2, 0.25) is 0 Å². The number of nitrogens with zero attached hydrogens (tertiary/aromatic N) is 1. The monoisotopic (exact) mass is 262 g/mol. The van der Waals surface area contributed by atoms with Crippen molar-refractivity contribution in [2.45, 2.75) is 33.1 Å². The average molecular weight is 262 g/mol. The van der Waals surface area contributed by atoms with Crippen LogP contribution >= 0.6 is 0 Å². The van der Waals surface area contributed by atoms with Gasteiger partial charge in [0.05, 0.1) is 30.9 Å². The molecule has 0 saturated heterocycles. The number of benzene rings is 1. The lowest BCUT2D eigenvalue weighted by Gasteiger charge is -2.15. The minimum Gasteiger partial charge on any atom is -0.497 e. The van der Waals surface area contributed by atoms with Gasteiger partial charge in [-0.2, -0.15) is 5.26 Å². The van der Waals surface area contributed by atoms with Gasteiger partial charge in [0.15, 0.2) is 0 Å². The highest BCUT2D eigenvalue weighted by Gasteiger charge is 2.15. The van der Waals surface area contributed by atoms with Crippen molar-refractivity contribution in [2.75, 3.05) is 19.5 Å². The lowest BCUT2D eigenvalue weighted by Crippen LogP contribution is -2.08. The summed E-state index contributed by atoms with van der Waals surface area (Å²) in [6.45, 7) is 4.50. The van der Waals surface area contributed by atoms with Gasteiger partial charge in [-0.3, -0.25) is 0 Å². The summed E-state index contributed by atoms with van der Waals surface area (Å²) < 4.78 is 10.8. The lowest BCUT2D eigenvalue weighted by atomic mass is 9.89. The molecule has 2 N–H and O–H groups in total. The summed E-state index contributed by atoms with van der Waals surface area (Å²) in [6, 6.07) is 7.66. The van der Waals surface area contributed by atoms with Gasteiger partial charge in [0, 0.05) is 6.07 Å². The Balaban J connectivity index is 2.36. The van der Waals surface area contributed by atoms with E-state index in [0.717, 1.165) is 25.0 Å². The second-order valence-corrected chi connectivity index (χ2v) is 5.21. The molecular weight excluding hydrogens is 240 g/mol. The third kappa shape index (κ3) is 5.09. The first-order chi connectivity index (χ1) is 8.98. The molecule has 0 heterocycles. The number of ether oxygens (including phenoxy) is 2. The number of hydrogen-bond donors (Lipinski definition) is 1. The van der Waals surface area contributed by atoms with Crippen LogP contribution in [0, 0.1) is 16.7 Å². The topological polar surface area (TPSA) is 68.3 Å². The second-order valence-electron chi connectivity index (χ2n) is 5.21. The molecule has 0 spiro atoms. The number of methoxy groups -OCH3 is 1. The molecule has 1 aromatic rings. The summed E-state index contributed by atoms with van der Waals surface area (Å²) >= 11 is 0. The van der Waals surface area contributed by atoms with E-state index in [9.17, 15) is 0 Å². The fourth-order valence-electron chi connectivity index (χ4n) is 1.67. The van der Waals surface area contributed by atoms with E-state index < -0.39 is 0 Å². The average Bonchev–Trinajstić information content (AvgIpc) is 2.40. The predicted molar refractivity (Wildman–Crippen MR) is 76.1 cm³/mol. The van der Waals surface area contributed by atoms with Crippen molar-refractivity contribution >= 4 is 5.69 Å². The molecule has 0 saturated carbocycles. The molecule has 19 heavy (non-hydrogen) atoms. The van der Waals surface area contributed by atoms with Crippen molar-refractivity contribution < 1.29 is 9.47 Å². The van der Waals surface area contributed by atoms with Gasteiger partial charge in [0.1, 0.15) is 11.5 Å². The Morgan fingerprint density at radius 3 is 2.68 bits per heavy atom. The smallest absolute Gasteiger partial charge is 0.145 e. The Bertz CT molecular complexity index is 450. The van der Waals surface area contributed by atoms with Gasteiger partial charge < -0.3 is 15.2 Å². The molecule has 104 valence electrons. The highest BCUT2D eigenvalue weighted by atomic mass is 16.5. The molecule has 0 bridgehead atoms. The van der Waals surface area contributed by atoms with E-state index in [4.69, 9.17) is 20.5 Å². The van der Waals surface area contributed by atoms with Gasteiger partial charge in [-0.25, -0.2) is 0 Å². The van der Waals surface area contributed by atoms with Crippen LogP contribution in [0.4, 0.5) is 5.69 Å². The minimum absolute atomic E-state index is 0.255. The molecule has 0 radical (unpaired) electrons. The first-order valence-corrected chi connectivity index (χ1v) is 6.46. The zero-order valence-electron chi connectivity index (χ0n) is 11.9. The standard InChI is InChI=1S/C15H22N2O2/c1-15(2,11-16)8-4-5-9-19-14-10-12(18-3)6-7-13(14)17/h6-7,10H,4-5,8-9,17H2,1-3H3. The minimum atomic E-state index is -0.255. The maximum atomic E-state index is 8.91. The lowest BCUT2D eigenvalue weighted by molar-refractivity contribution is 0.294. The van der Waals surface area contributed by atoms with Crippen molar-refractivity contribution in [1.82, 2.24) is 0 Å². The van der Waals surface area contributed by atoms with E-state index in [1.807, 2.05) is 13.8 Å². The van der Waals surface area contributed by atoms with Gasteiger partial charge in [0.25, 0.3) is 0 Å². The summed E-state index contributed by atoms with van der Waals surface area (Å²) in [5.74, 6) is 1.38. The van der Waals surface area contributed by atoms with Crippen LogP contribution in [0.15, 0.2) is 18.2 Å². The van der Waals surface area contributed by atoms with Gasteiger partial charge in [-0.15, -0.1) is 0 Å². The van der Waals surface area contributed by atoms with Gasteiger partial charge >= 0.3 is 0 Å². The summed E-state index contributed by atoms with van der Waals surface area (Å²) in [5, 5.41) is 8.91. The molecule has 0 aliphatic carbocycles. The third-order valence-electron chi connectivity index (χ3n) is 2.98. The van der Waals surface area contributed by atoms with E-state index in [1.54, 1.807) is 25.3 Å². The highest BCUT2D eigenvalue weighted by molar-refractivity contribution is 5.55. The number of nitrogen functional groups attached to an aromatic ring is 1. The normalized spacial score (nSPS) is 10.8. The Kier molecular flexibility index (Phi) is 5.50. The van der Waals surface area contributed by atoms with E-state index in [-0.39, 0.29) is 5.41 Å². The maximum absolute atomic E-state index is 8.91. The van der Waals surface area contributed by atoms with Crippen LogP contribution in [0.5, 0.6) is 11.5 Å². The van der Waals surface area contributed by atoms with E-state index in [0.29, 0.717) is 18.0 Å². The Labute approximate surface area is 115 Å². The second kappa shape index (κ2) is 6.89. The molecule has 0 fully saturated rings. The molecule has 4 nitrogen and oxygen atoms in total. The van der Waals surface area contributed by atoms with Gasteiger partial charge in [-0.1, -0.05) is 0 Å². The van der Waals surface area contributed by atoms with E-state index in [2.05, 4.69) is 6.07 Å². The van der Waals surface area contributed by atoms with Crippen molar-refractivity contribution in [3.8, 4) is 17.6 Å². The summed E-state index contributed by atoms with van der Waals surface area (Å²) in [5.41, 5.74) is 6.18. The largest absolute Gasteiger partial charge is 0.497 e. The first-order valence-electron chi connectivity index (χ1n) is 6.46. The van der Waals surface area contributed by atoms with Gasteiger partial charge in [-0.05, 0) is 45.2 Å².